The molecule has 1 saturated heterocycles. The van der Waals surface area contributed by atoms with E-state index in [1.54, 1.807) is 0 Å². The molecule has 2 amide bonds. The average Bonchev–Trinajstić information content (AvgIpc) is 3.19. The predicted molar refractivity (Wildman–Crippen MR) is 157 cm³/mol. The molecule has 1 aliphatic carbocycles. The van der Waals surface area contributed by atoms with Crippen molar-refractivity contribution in [1.29, 1.82) is 0 Å². The first-order valence-corrected chi connectivity index (χ1v) is 15.0. The molecule has 3 aliphatic rings. The quantitative estimate of drug-likeness (QED) is 0.452. The maximum absolute atomic E-state index is 13.6. The molecular weight excluding hydrogens is 486 g/mol. The number of hydrogen-bond donors (Lipinski definition) is 2. The number of aromatic nitrogens is 1. The largest absolute Gasteiger partial charge is 0.381 e. The van der Waals surface area contributed by atoms with Gasteiger partial charge in [0.25, 0.3) is 5.91 Å². The minimum Gasteiger partial charge on any atom is -0.381 e. The third-order valence-electron chi connectivity index (χ3n) is 9.21. The van der Waals surface area contributed by atoms with Gasteiger partial charge < -0.3 is 19.9 Å². The van der Waals surface area contributed by atoms with E-state index in [0.717, 1.165) is 47.3 Å². The van der Waals surface area contributed by atoms with Gasteiger partial charge in [-0.25, -0.2) is 0 Å². The SMILES string of the molecule is Cn1c(C(=O)NC2CCOCC2)cc(-c2cc(C(C)(C)C)c3c(c2)C(C)(C)CC(=O)N3)c1CC1CCCCC1. The van der Waals surface area contributed by atoms with Crippen molar-refractivity contribution in [3.8, 4) is 11.1 Å². The summed E-state index contributed by atoms with van der Waals surface area (Å²) in [6.45, 7) is 12.4. The number of hydrogen-bond acceptors (Lipinski definition) is 3. The molecule has 0 radical (unpaired) electrons. The van der Waals surface area contributed by atoms with Crippen molar-refractivity contribution in [2.45, 2.75) is 109 Å². The summed E-state index contributed by atoms with van der Waals surface area (Å²) in [4.78, 5) is 26.3. The zero-order chi connectivity index (χ0) is 27.9. The average molecular weight is 534 g/mol. The van der Waals surface area contributed by atoms with Crippen LogP contribution in [-0.4, -0.2) is 35.6 Å². The third-order valence-corrected chi connectivity index (χ3v) is 9.21. The summed E-state index contributed by atoms with van der Waals surface area (Å²) in [7, 11) is 2.06. The second kappa shape index (κ2) is 10.8. The van der Waals surface area contributed by atoms with Crippen molar-refractivity contribution in [3.05, 3.63) is 40.7 Å². The highest BCUT2D eigenvalue weighted by Gasteiger charge is 2.36. The molecule has 0 unspecified atom stereocenters. The highest BCUT2D eigenvalue weighted by atomic mass is 16.5. The van der Waals surface area contributed by atoms with Crippen LogP contribution in [-0.2, 0) is 33.8 Å². The van der Waals surface area contributed by atoms with E-state index >= 15 is 0 Å². The Kier molecular flexibility index (Phi) is 7.71. The minimum absolute atomic E-state index is 0.00198. The van der Waals surface area contributed by atoms with E-state index in [2.05, 4.69) is 75.1 Å². The van der Waals surface area contributed by atoms with Gasteiger partial charge in [0.05, 0.1) is 0 Å². The van der Waals surface area contributed by atoms with Gasteiger partial charge in [-0.3, -0.25) is 9.59 Å². The summed E-state index contributed by atoms with van der Waals surface area (Å²) in [5.41, 5.74) is 7.16. The van der Waals surface area contributed by atoms with E-state index < -0.39 is 0 Å². The normalized spacial score (nSPS) is 20.4. The molecule has 2 aromatic rings. The first-order chi connectivity index (χ1) is 18.4. The molecule has 212 valence electrons. The maximum atomic E-state index is 13.6. The number of rotatable bonds is 5. The Morgan fingerprint density at radius 3 is 2.44 bits per heavy atom. The standard InChI is InChI=1S/C33H47N3O3/c1-32(2,3)25-17-22(18-26-30(25)35-29(37)20-33(26,4)5)24-19-28(31(38)34-23-12-14-39-15-13-23)36(6)27(24)16-21-10-8-7-9-11-21/h17-19,21,23H,7-16,20H2,1-6H3,(H,34,38)(H,35,37). The van der Waals surface area contributed by atoms with E-state index in [9.17, 15) is 9.59 Å². The van der Waals surface area contributed by atoms with Gasteiger partial charge in [-0.15, -0.1) is 0 Å². The fraction of sp³-hybridized carbons (Fsp3) is 0.636. The molecule has 1 saturated carbocycles. The molecule has 5 rings (SSSR count). The molecule has 0 spiro atoms. The molecule has 2 aliphatic heterocycles. The lowest BCUT2D eigenvalue weighted by Crippen LogP contribution is -2.39. The maximum Gasteiger partial charge on any atom is 0.268 e. The Morgan fingerprint density at radius 2 is 1.77 bits per heavy atom. The van der Waals surface area contributed by atoms with E-state index in [1.165, 1.54) is 43.4 Å². The molecule has 2 N–H and O–H groups in total. The molecule has 1 aromatic heterocycles. The molecular formula is C33H47N3O3. The third kappa shape index (κ3) is 5.82. The number of nitrogens with zero attached hydrogens (tertiary/aromatic N) is 1. The molecule has 39 heavy (non-hydrogen) atoms. The van der Waals surface area contributed by atoms with Crippen LogP contribution >= 0.6 is 0 Å². The van der Waals surface area contributed by atoms with E-state index in [0.29, 0.717) is 25.6 Å². The molecule has 6 heteroatoms. The monoisotopic (exact) mass is 533 g/mol. The number of fused-ring (bicyclic) bond motifs is 1. The zero-order valence-electron chi connectivity index (χ0n) is 24.8. The second-order valence-corrected chi connectivity index (χ2v) is 13.8. The van der Waals surface area contributed by atoms with Crippen molar-refractivity contribution in [3.63, 3.8) is 0 Å². The highest BCUT2D eigenvalue weighted by Crippen LogP contribution is 2.46. The second-order valence-electron chi connectivity index (χ2n) is 13.8. The van der Waals surface area contributed by atoms with Gasteiger partial charge in [-0.1, -0.05) is 66.7 Å². The Balaban J connectivity index is 1.62. The van der Waals surface area contributed by atoms with Crippen molar-refractivity contribution in [1.82, 2.24) is 9.88 Å². The number of carbonyl (C=O) groups is 2. The summed E-state index contributed by atoms with van der Waals surface area (Å²) in [5.74, 6) is 0.727. The molecule has 3 heterocycles. The number of amides is 2. The van der Waals surface area contributed by atoms with Crippen LogP contribution < -0.4 is 10.6 Å². The minimum atomic E-state index is -0.269. The number of nitrogens with one attached hydrogen (secondary N) is 2. The summed E-state index contributed by atoms with van der Waals surface area (Å²) >= 11 is 0. The number of ether oxygens (including phenoxy) is 1. The molecule has 6 nitrogen and oxygen atoms in total. The van der Waals surface area contributed by atoms with Crippen LogP contribution in [0.4, 0.5) is 5.69 Å². The van der Waals surface area contributed by atoms with Gasteiger partial charge in [-0.05, 0) is 65.5 Å². The first kappa shape index (κ1) is 27.9. The highest BCUT2D eigenvalue weighted by molar-refractivity contribution is 5.98. The van der Waals surface area contributed by atoms with Crippen LogP contribution in [0.2, 0.25) is 0 Å². The number of carbonyl (C=O) groups excluding carboxylic acids is 2. The van der Waals surface area contributed by atoms with E-state index in [-0.39, 0.29) is 28.7 Å². The zero-order valence-corrected chi connectivity index (χ0v) is 24.8. The summed E-state index contributed by atoms with van der Waals surface area (Å²) in [6, 6.07) is 6.83. The lowest BCUT2D eigenvalue weighted by molar-refractivity contribution is -0.117. The smallest absolute Gasteiger partial charge is 0.268 e. The molecule has 0 bridgehead atoms. The van der Waals surface area contributed by atoms with Crippen molar-refractivity contribution in [2.75, 3.05) is 18.5 Å². The van der Waals surface area contributed by atoms with E-state index in [4.69, 9.17) is 4.74 Å². The van der Waals surface area contributed by atoms with Gasteiger partial charge >= 0.3 is 0 Å². The van der Waals surface area contributed by atoms with Gasteiger partial charge in [0, 0.05) is 55.1 Å². The summed E-state index contributed by atoms with van der Waals surface area (Å²) in [5, 5.41) is 6.50. The fourth-order valence-electron chi connectivity index (χ4n) is 6.86. The van der Waals surface area contributed by atoms with Crippen LogP contribution in [0.15, 0.2) is 18.2 Å². The molecule has 2 fully saturated rings. The van der Waals surface area contributed by atoms with Crippen LogP contribution in [0.1, 0.15) is 113 Å². The van der Waals surface area contributed by atoms with Crippen molar-refractivity contribution >= 4 is 17.5 Å². The van der Waals surface area contributed by atoms with Crippen molar-refractivity contribution in [2.24, 2.45) is 13.0 Å². The van der Waals surface area contributed by atoms with Crippen LogP contribution in [0.3, 0.4) is 0 Å². The van der Waals surface area contributed by atoms with E-state index in [1.807, 2.05) is 0 Å². The lowest BCUT2D eigenvalue weighted by Gasteiger charge is -2.36. The molecule has 0 atom stereocenters. The molecule has 1 aromatic carbocycles. The van der Waals surface area contributed by atoms with Gasteiger partial charge in [0.2, 0.25) is 5.91 Å². The fourth-order valence-corrected chi connectivity index (χ4v) is 6.86. The van der Waals surface area contributed by atoms with Gasteiger partial charge in [0.1, 0.15) is 5.69 Å². The predicted octanol–water partition coefficient (Wildman–Crippen LogP) is 6.64. The van der Waals surface area contributed by atoms with Crippen molar-refractivity contribution < 1.29 is 14.3 Å². The Labute approximate surface area is 234 Å². The van der Waals surface area contributed by atoms with Crippen LogP contribution in [0.5, 0.6) is 0 Å². The van der Waals surface area contributed by atoms with Crippen LogP contribution in [0, 0.1) is 5.92 Å². The Bertz CT molecular complexity index is 1220. The summed E-state index contributed by atoms with van der Waals surface area (Å²) in [6.07, 6.45) is 9.60. The topological polar surface area (TPSA) is 72.4 Å². The van der Waals surface area contributed by atoms with Gasteiger partial charge in [0.15, 0.2) is 0 Å². The Hall–Kier alpha value is -2.60. The van der Waals surface area contributed by atoms with Crippen LogP contribution in [0.25, 0.3) is 11.1 Å². The number of benzene rings is 1. The number of anilines is 1. The first-order valence-electron chi connectivity index (χ1n) is 15.0. The lowest BCUT2D eigenvalue weighted by atomic mass is 9.72. The summed E-state index contributed by atoms with van der Waals surface area (Å²) < 4.78 is 7.66. The Morgan fingerprint density at radius 1 is 1.08 bits per heavy atom. The van der Waals surface area contributed by atoms with Gasteiger partial charge in [-0.2, -0.15) is 0 Å².